The number of benzene rings is 1. The number of Topliss-reactive ketones (excluding diaryl/α,β-unsaturated/α-hetero) is 1. The molecule has 0 saturated carbocycles. The number of pyridine rings is 1. The Kier molecular flexibility index (Phi) is 5.83. The van der Waals surface area contributed by atoms with Gasteiger partial charge in [0.15, 0.2) is 5.78 Å². The van der Waals surface area contributed by atoms with E-state index in [1.54, 1.807) is 6.07 Å². The van der Waals surface area contributed by atoms with Crippen LogP contribution in [0.4, 0.5) is 0 Å². The normalized spacial score (nSPS) is 11.8. The lowest BCUT2D eigenvalue weighted by Gasteiger charge is -2.13. The number of hydrogen-bond donors (Lipinski definition) is 0. The van der Waals surface area contributed by atoms with E-state index >= 15 is 0 Å². The maximum Gasteiger partial charge on any atom is 0.251 e. The third-order valence-corrected chi connectivity index (χ3v) is 6.87. The van der Waals surface area contributed by atoms with E-state index < -0.39 is 15.6 Å². The summed E-state index contributed by atoms with van der Waals surface area (Å²) in [6.45, 7) is 5.54. The van der Waals surface area contributed by atoms with Crippen LogP contribution < -0.4 is 5.56 Å². The highest BCUT2D eigenvalue weighted by Gasteiger charge is 2.21. The molecular formula is C22H25N3O4S. The zero-order chi connectivity index (χ0) is 22.2. The van der Waals surface area contributed by atoms with Gasteiger partial charge in [-0.1, -0.05) is 17.7 Å². The van der Waals surface area contributed by atoms with E-state index in [-0.39, 0.29) is 17.2 Å². The highest BCUT2D eigenvalue weighted by atomic mass is 32.2. The fraction of sp³-hybridized carbons (Fsp3) is 0.273. The van der Waals surface area contributed by atoms with Crippen molar-refractivity contribution < 1.29 is 13.2 Å². The van der Waals surface area contributed by atoms with Gasteiger partial charge in [-0.05, 0) is 45.0 Å². The molecule has 158 valence electrons. The van der Waals surface area contributed by atoms with Crippen molar-refractivity contribution in [2.45, 2.75) is 32.2 Å². The zero-order valence-corrected chi connectivity index (χ0v) is 18.5. The summed E-state index contributed by atoms with van der Waals surface area (Å²) in [6.07, 6.45) is 1.22. The Morgan fingerprint density at radius 1 is 1.00 bits per heavy atom. The quantitative estimate of drug-likeness (QED) is 0.567. The summed E-state index contributed by atoms with van der Waals surface area (Å²) in [6, 6.07) is 12.2. The molecule has 0 bridgehead atoms. The lowest BCUT2D eigenvalue weighted by atomic mass is 10.1. The molecule has 2 aromatic heterocycles. The van der Waals surface area contributed by atoms with Crippen LogP contribution in [-0.4, -0.2) is 41.7 Å². The number of carbonyl (C=O) groups excluding carboxylic acids is 1. The van der Waals surface area contributed by atoms with Gasteiger partial charge in [0.25, 0.3) is 5.56 Å². The minimum Gasteiger partial charge on any atom is -0.318 e. The lowest BCUT2D eigenvalue weighted by Crippen LogP contribution is -2.27. The molecule has 30 heavy (non-hydrogen) atoms. The van der Waals surface area contributed by atoms with Crippen LogP contribution in [0.1, 0.15) is 27.3 Å². The van der Waals surface area contributed by atoms with Crippen molar-refractivity contribution in [3.8, 4) is 5.69 Å². The SMILES string of the molecule is Cc1ccc(-n2c(C)cc(C(=O)Cn3cc(S(=O)(=O)N(C)C)ccc3=O)c2C)cc1. The molecule has 0 spiro atoms. The molecule has 0 N–H and O–H groups in total. The number of ketones is 1. The average Bonchev–Trinajstić information content (AvgIpc) is 2.98. The van der Waals surface area contributed by atoms with E-state index in [4.69, 9.17) is 0 Å². The van der Waals surface area contributed by atoms with E-state index in [1.165, 1.54) is 32.4 Å². The van der Waals surface area contributed by atoms with Crippen molar-refractivity contribution in [1.29, 1.82) is 0 Å². The first-order chi connectivity index (χ1) is 14.0. The molecule has 0 aliphatic heterocycles. The molecule has 0 saturated heterocycles. The molecule has 0 aliphatic carbocycles. The molecular weight excluding hydrogens is 402 g/mol. The second kappa shape index (κ2) is 8.04. The summed E-state index contributed by atoms with van der Waals surface area (Å²) in [5, 5.41) is 0. The Hall–Kier alpha value is -2.97. The fourth-order valence-electron chi connectivity index (χ4n) is 3.37. The highest BCUT2D eigenvalue weighted by molar-refractivity contribution is 7.89. The van der Waals surface area contributed by atoms with Gasteiger partial charge in [-0.2, -0.15) is 0 Å². The third kappa shape index (κ3) is 4.01. The van der Waals surface area contributed by atoms with Gasteiger partial charge in [-0.25, -0.2) is 12.7 Å². The molecule has 8 heteroatoms. The molecule has 3 rings (SSSR count). The van der Waals surface area contributed by atoms with Gasteiger partial charge in [0.05, 0.1) is 11.4 Å². The van der Waals surface area contributed by atoms with Crippen molar-refractivity contribution in [2.24, 2.45) is 0 Å². The number of carbonyl (C=O) groups is 1. The number of nitrogens with zero attached hydrogens (tertiary/aromatic N) is 3. The Labute approximate surface area is 176 Å². The number of rotatable bonds is 6. The number of hydrogen-bond acceptors (Lipinski definition) is 4. The second-order valence-corrected chi connectivity index (χ2v) is 9.65. The van der Waals surface area contributed by atoms with Crippen molar-refractivity contribution in [1.82, 2.24) is 13.4 Å². The van der Waals surface area contributed by atoms with Crippen molar-refractivity contribution >= 4 is 15.8 Å². The Balaban J connectivity index is 1.97. The maximum absolute atomic E-state index is 13.0. The predicted octanol–water partition coefficient (Wildman–Crippen LogP) is 2.70. The van der Waals surface area contributed by atoms with Gasteiger partial charge in [-0.15, -0.1) is 0 Å². The average molecular weight is 428 g/mol. The van der Waals surface area contributed by atoms with Gasteiger partial charge in [0, 0.05) is 49.0 Å². The van der Waals surface area contributed by atoms with Gasteiger partial charge < -0.3 is 9.13 Å². The molecule has 0 amide bonds. The van der Waals surface area contributed by atoms with Gasteiger partial charge in [0.1, 0.15) is 0 Å². The highest BCUT2D eigenvalue weighted by Crippen LogP contribution is 2.22. The fourth-order valence-corrected chi connectivity index (χ4v) is 4.29. The minimum absolute atomic E-state index is 0.0370. The van der Waals surface area contributed by atoms with Crippen LogP contribution in [0.3, 0.4) is 0 Å². The zero-order valence-electron chi connectivity index (χ0n) is 17.7. The molecule has 1 aromatic carbocycles. The van der Waals surface area contributed by atoms with E-state index in [0.717, 1.165) is 31.5 Å². The summed E-state index contributed by atoms with van der Waals surface area (Å²) in [5.74, 6) is -0.261. The summed E-state index contributed by atoms with van der Waals surface area (Å²) < 4.78 is 28.9. The Bertz CT molecular complexity index is 1270. The monoisotopic (exact) mass is 427 g/mol. The van der Waals surface area contributed by atoms with Crippen LogP contribution in [0.2, 0.25) is 0 Å². The predicted molar refractivity (Wildman–Crippen MR) is 116 cm³/mol. The smallest absolute Gasteiger partial charge is 0.251 e. The van der Waals surface area contributed by atoms with Crippen LogP contribution in [0.15, 0.2) is 58.4 Å². The second-order valence-electron chi connectivity index (χ2n) is 7.50. The lowest BCUT2D eigenvalue weighted by molar-refractivity contribution is 0.0970. The van der Waals surface area contributed by atoms with E-state index in [1.807, 2.05) is 49.6 Å². The first-order valence-electron chi connectivity index (χ1n) is 9.44. The maximum atomic E-state index is 13.0. The number of aryl methyl sites for hydroxylation is 2. The molecule has 0 unspecified atom stereocenters. The molecule has 0 fully saturated rings. The largest absolute Gasteiger partial charge is 0.318 e. The van der Waals surface area contributed by atoms with Gasteiger partial charge in [-0.3, -0.25) is 9.59 Å². The molecule has 0 radical (unpaired) electrons. The van der Waals surface area contributed by atoms with Crippen LogP contribution >= 0.6 is 0 Å². The molecule has 7 nitrogen and oxygen atoms in total. The summed E-state index contributed by atoms with van der Waals surface area (Å²) in [4.78, 5) is 25.2. The standard InChI is InChI=1S/C22H25N3O4S/c1-15-6-8-18(9-7-15)25-16(2)12-20(17(25)3)21(26)14-24-13-19(10-11-22(24)27)30(28,29)23(4)5/h6-13H,14H2,1-5H3. The van der Waals surface area contributed by atoms with Crippen LogP contribution in [0.5, 0.6) is 0 Å². The van der Waals surface area contributed by atoms with Crippen molar-refractivity contribution in [3.63, 3.8) is 0 Å². The molecule has 0 atom stereocenters. The third-order valence-electron chi connectivity index (χ3n) is 5.07. The molecule has 0 aliphatic rings. The van der Waals surface area contributed by atoms with Crippen LogP contribution in [0.25, 0.3) is 5.69 Å². The topological polar surface area (TPSA) is 81.4 Å². The van der Waals surface area contributed by atoms with Crippen molar-refractivity contribution in [2.75, 3.05) is 14.1 Å². The molecule has 2 heterocycles. The number of sulfonamides is 1. The summed E-state index contributed by atoms with van der Waals surface area (Å²) in [7, 11) is -0.884. The van der Waals surface area contributed by atoms with E-state index in [2.05, 4.69) is 0 Å². The Morgan fingerprint density at radius 3 is 2.23 bits per heavy atom. The first-order valence-corrected chi connectivity index (χ1v) is 10.9. The number of aromatic nitrogens is 2. The minimum atomic E-state index is -3.71. The van der Waals surface area contributed by atoms with Gasteiger partial charge in [0.2, 0.25) is 10.0 Å². The van der Waals surface area contributed by atoms with E-state index in [0.29, 0.717) is 5.56 Å². The first kappa shape index (κ1) is 21.7. The summed E-state index contributed by atoms with van der Waals surface area (Å²) >= 11 is 0. The van der Waals surface area contributed by atoms with Gasteiger partial charge >= 0.3 is 0 Å². The molecule has 3 aromatic rings. The van der Waals surface area contributed by atoms with Crippen LogP contribution in [-0.2, 0) is 16.6 Å². The van der Waals surface area contributed by atoms with Crippen molar-refractivity contribution in [3.05, 3.63) is 81.5 Å². The summed E-state index contributed by atoms with van der Waals surface area (Å²) in [5.41, 5.74) is 3.83. The van der Waals surface area contributed by atoms with E-state index in [9.17, 15) is 18.0 Å². The van der Waals surface area contributed by atoms with Crippen LogP contribution in [0, 0.1) is 20.8 Å². The Morgan fingerprint density at radius 2 is 1.63 bits per heavy atom.